The molecular formula is C29H58O10. The predicted octanol–water partition coefficient (Wildman–Crippen LogP) is 4.51. The minimum atomic E-state index is -0.866. The number of carboxylic acids is 1. The Bertz CT molecular complexity index is 467. The van der Waals surface area contributed by atoms with E-state index in [1.807, 2.05) is 0 Å². The summed E-state index contributed by atoms with van der Waals surface area (Å²) in [6.07, 6.45) is 13.4. The first-order chi connectivity index (χ1) is 19.3. The number of carboxylic acid groups (broad SMARTS) is 1. The summed E-state index contributed by atoms with van der Waals surface area (Å²) < 4.78 is 43.4. The van der Waals surface area contributed by atoms with Crippen LogP contribution in [0.4, 0.5) is 0 Å². The quantitative estimate of drug-likeness (QED) is 0.110. The maximum atomic E-state index is 10.3. The Labute approximate surface area is 237 Å². The van der Waals surface area contributed by atoms with E-state index in [1.165, 1.54) is 57.8 Å². The first kappa shape index (κ1) is 38.1. The highest BCUT2D eigenvalue weighted by Gasteiger charge is 1.98. The van der Waals surface area contributed by atoms with Crippen molar-refractivity contribution in [3.63, 3.8) is 0 Å². The first-order valence-electron chi connectivity index (χ1n) is 15.1. The summed E-state index contributed by atoms with van der Waals surface area (Å²) in [4.78, 5) is 10.3. The molecule has 0 rings (SSSR count). The van der Waals surface area contributed by atoms with Crippen LogP contribution < -0.4 is 0 Å². The Balaban J connectivity index is 3.02. The van der Waals surface area contributed by atoms with E-state index in [0.717, 1.165) is 13.0 Å². The normalized spacial score (nSPS) is 11.4. The summed E-state index contributed by atoms with van der Waals surface area (Å²) in [5, 5.41) is 8.48. The zero-order valence-electron chi connectivity index (χ0n) is 24.7. The Morgan fingerprint density at radius 3 is 0.949 bits per heavy atom. The van der Waals surface area contributed by atoms with Crippen molar-refractivity contribution < 1.29 is 47.8 Å². The molecule has 0 unspecified atom stereocenters. The molecule has 1 N–H and O–H groups in total. The fourth-order valence-electron chi connectivity index (χ4n) is 3.49. The van der Waals surface area contributed by atoms with E-state index in [9.17, 15) is 4.79 Å². The number of rotatable bonds is 35. The molecular weight excluding hydrogens is 508 g/mol. The third-order valence-corrected chi connectivity index (χ3v) is 5.71. The number of hydrogen-bond donors (Lipinski definition) is 1. The van der Waals surface area contributed by atoms with E-state index in [4.69, 9.17) is 43.0 Å². The lowest BCUT2D eigenvalue weighted by Crippen LogP contribution is -2.15. The van der Waals surface area contributed by atoms with Crippen LogP contribution in [0.3, 0.4) is 0 Å². The lowest BCUT2D eigenvalue weighted by atomic mass is 10.1. The van der Waals surface area contributed by atoms with Gasteiger partial charge in [-0.3, -0.25) is 4.79 Å². The summed E-state index contributed by atoms with van der Waals surface area (Å²) in [6.45, 7) is 10.5. The topological polar surface area (TPSA) is 111 Å². The molecule has 0 saturated heterocycles. The molecule has 0 aromatic carbocycles. The first-order valence-corrected chi connectivity index (χ1v) is 15.1. The monoisotopic (exact) mass is 566 g/mol. The van der Waals surface area contributed by atoms with Crippen molar-refractivity contribution in [2.75, 3.05) is 106 Å². The van der Waals surface area contributed by atoms with Gasteiger partial charge in [0.15, 0.2) is 0 Å². The highest BCUT2D eigenvalue weighted by molar-refractivity contribution is 5.66. The molecule has 0 amide bonds. The zero-order chi connectivity index (χ0) is 28.3. The zero-order valence-corrected chi connectivity index (χ0v) is 24.7. The Morgan fingerprint density at radius 2 is 0.641 bits per heavy atom. The van der Waals surface area contributed by atoms with Gasteiger partial charge in [0.05, 0.1) is 106 Å². The van der Waals surface area contributed by atoms with Crippen LogP contribution in [0.2, 0.25) is 0 Å². The van der Waals surface area contributed by atoms with Gasteiger partial charge in [-0.15, -0.1) is 0 Å². The predicted molar refractivity (Wildman–Crippen MR) is 151 cm³/mol. The van der Waals surface area contributed by atoms with Gasteiger partial charge in [-0.1, -0.05) is 64.7 Å². The van der Waals surface area contributed by atoms with Gasteiger partial charge in [0, 0.05) is 6.61 Å². The van der Waals surface area contributed by atoms with Crippen molar-refractivity contribution in [2.45, 2.75) is 77.6 Å². The van der Waals surface area contributed by atoms with Crippen LogP contribution in [0.1, 0.15) is 77.6 Å². The maximum absolute atomic E-state index is 10.3. The fourth-order valence-corrected chi connectivity index (χ4v) is 3.49. The molecule has 0 aliphatic heterocycles. The van der Waals surface area contributed by atoms with Gasteiger partial charge in [0.25, 0.3) is 0 Å². The maximum Gasteiger partial charge on any atom is 0.305 e. The molecule has 0 aliphatic carbocycles. The summed E-state index contributed by atoms with van der Waals surface area (Å²) >= 11 is 0. The minimum absolute atomic E-state index is 0.00741. The molecule has 0 spiro atoms. The largest absolute Gasteiger partial charge is 0.481 e. The molecule has 0 heterocycles. The van der Waals surface area contributed by atoms with Gasteiger partial charge in [-0.05, 0) is 6.42 Å². The highest BCUT2D eigenvalue weighted by Crippen LogP contribution is 2.10. The van der Waals surface area contributed by atoms with Gasteiger partial charge in [-0.25, -0.2) is 0 Å². The minimum Gasteiger partial charge on any atom is -0.481 e. The van der Waals surface area contributed by atoms with Crippen LogP contribution in [-0.2, 0) is 42.7 Å². The fraction of sp³-hybridized carbons (Fsp3) is 0.966. The van der Waals surface area contributed by atoms with E-state index >= 15 is 0 Å². The molecule has 0 atom stereocenters. The van der Waals surface area contributed by atoms with Crippen LogP contribution in [0, 0.1) is 0 Å². The molecule has 0 aromatic heterocycles. The van der Waals surface area contributed by atoms with Gasteiger partial charge in [0.1, 0.15) is 0 Å². The number of carbonyl (C=O) groups is 1. The second kappa shape index (κ2) is 35.2. The SMILES string of the molecule is CCCCCCCCCCCCOCCOCCOCCOCCOCCOCCOCCOCCC(=O)O. The number of hydrogen-bond acceptors (Lipinski definition) is 9. The molecule has 10 nitrogen and oxygen atoms in total. The summed E-state index contributed by atoms with van der Waals surface area (Å²) in [5.41, 5.74) is 0. The molecule has 234 valence electrons. The van der Waals surface area contributed by atoms with Crippen molar-refractivity contribution >= 4 is 5.97 Å². The van der Waals surface area contributed by atoms with Crippen molar-refractivity contribution in [3.8, 4) is 0 Å². The molecule has 0 bridgehead atoms. The van der Waals surface area contributed by atoms with Crippen molar-refractivity contribution in [3.05, 3.63) is 0 Å². The third kappa shape index (κ3) is 37.2. The summed E-state index contributed by atoms with van der Waals surface area (Å²) in [5.74, 6) is -0.866. The van der Waals surface area contributed by atoms with Crippen LogP contribution in [0.5, 0.6) is 0 Å². The number of unbranched alkanes of at least 4 members (excludes halogenated alkanes) is 9. The molecule has 39 heavy (non-hydrogen) atoms. The van der Waals surface area contributed by atoms with Crippen molar-refractivity contribution in [2.24, 2.45) is 0 Å². The molecule has 0 aliphatic rings. The van der Waals surface area contributed by atoms with Crippen molar-refractivity contribution in [1.29, 1.82) is 0 Å². The van der Waals surface area contributed by atoms with Crippen LogP contribution >= 0.6 is 0 Å². The second-order valence-corrected chi connectivity index (χ2v) is 9.22. The highest BCUT2D eigenvalue weighted by atomic mass is 16.6. The van der Waals surface area contributed by atoms with Gasteiger partial charge in [0.2, 0.25) is 0 Å². The second-order valence-electron chi connectivity index (χ2n) is 9.22. The van der Waals surface area contributed by atoms with E-state index in [0.29, 0.717) is 92.5 Å². The molecule has 10 heteroatoms. The lowest BCUT2D eigenvalue weighted by Gasteiger charge is -2.08. The van der Waals surface area contributed by atoms with E-state index < -0.39 is 5.97 Å². The standard InChI is InChI=1S/C29H58O10/c1-2-3-4-5-6-7-8-9-10-11-13-32-15-17-34-19-21-36-23-25-38-27-28-39-26-24-37-22-20-35-18-16-33-14-12-29(30)31/h2-28H2,1H3,(H,30,31). The Hall–Kier alpha value is -0.850. The average molecular weight is 567 g/mol. The molecule has 0 saturated carbocycles. The molecule has 0 fully saturated rings. The van der Waals surface area contributed by atoms with Crippen LogP contribution in [0.15, 0.2) is 0 Å². The lowest BCUT2D eigenvalue weighted by molar-refractivity contribution is -0.138. The van der Waals surface area contributed by atoms with Crippen molar-refractivity contribution in [1.82, 2.24) is 0 Å². The van der Waals surface area contributed by atoms with Crippen LogP contribution in [0.25, 0.3) is 0 Å². The number of ether oxygens (including phenoxy) is 8. The van der Waals surface area contributed by atoms with E-state index in [-0.39, 0.29) is 13.0 Å². The molecule has 0 aromatic rings. The van der Waals surface area contributed by atoms with E-state index in [2.05, 4.69) is 6.92 Å². The van der Waals surface area contributed by atoms with Gasteiger partial charge >= 0.3 is 5.97 Å². The molecule has 0 radical (unpaired) electrons. The average Bonchev–Trinajstić information content (AvgIpc) is 2.93. The van der Waals surface area contributed by atoms with Gasteiger partial charge in [-0.2, -0.15) is 0 Å². The Kier molecular flexibility index (Phi) is 34.4. The summed E-state index contributed by atoms with van der Waals surface area (Å²) in [7, 11) is 0. The van der Waals surface area contributed by atoms with Crippen LogP contribution in [-0.4, -0.2) is 117 Å². The summed E-state index contributed by atoms with van der Waals surface area (Å²) in [6, 6.07) is 0. The third-order valence-electron chi connectivity index (χ3n) is 5.71. The van der Waals surface area contributed by atoms with Gasteiger partial charge < -0.3 is 43.0 Å². The Morgan fingerprint density at radius 1 is 0.385 bits per heavy atom. The van der Waals surface area contributed by atoms with E-state index in [1.54, 1.807) is 0 Å². The smallest absolute Gasteiger partial charge is 0.305 e. The number of aliphatic carboxylic acids is 1.